The van der Waals surface area contributed by atoms with Crippen molar-refractivity contribution in [1.82, 2.24) is 4.90 Å². The Balaban J connectivity index is 3.97. The predicted octanol–water partition coefficient (Wildman–Crippen LogP) is 0.483. The Hall–Kier alpha value is -0.570. The van der Waals surface area contributed by atoms with Crippen molar-refractivity contribution in [3.05, 3.63) is 0 Å². The summed E-state index contributed by atoms with van der Waals surface area (Å²) in [5.74, 6) is -0.169. The van der Waals surface area contributed by atoms with Crippen molar-refractivity contribution in [1.29, 1.82) is 0 Å². The van der Waals surface area contributed by atoms with Crippen LogP contribution in [-0.4, -0.2) is 36.1 Å². The van der Waals surface area contributed by atoms with Gasteiger partial charge in [-0.1, -0.05) is 6.92 Å². The minimum atomic E-state index is -0.208. The Bertz CT molecular complexity index is 121. The van der Waals surface area contributed by atoms with E-state index in [0.29, 0.717) is 13.0 Å². The van der Waals surface area contributed by atoms with Crippen LogP contribution >= 0.6 is 0 Å². The molecule has 1 unspecified atom stereocenters. The summed E-state index contributed by atoms with van der Waals surface area (Å²) in [6, 6.07) is 0. The van der Waals surface area contributed by atoms with E-state index in [2.05, 4.69) is 0 Å². The molecular weight excluding hydrogens is 142 g/mol. The summed E-state index contributed by atoms with van der Waals surface area (Å²) in [4.78, 5) is 12.9. The normalized spacial score (nSPS) is 12.7. The number of aliphatic hydroxyl groups excluding tert-OH is 1. The van der Waals surface area contributed by atoms with E-state index in [4.69, 9.17) is 5.11 Å². The van der Waals surface area contributed by atoms with Crippen molar-refractivity contribution < 1.29 is 9.90 Å². The quantitative estimate of drug-likeness (QED) is 0.648. The zero-order valence-corrected chi connectivity index (χ0v) is 7.50. The number of hydrogen-bond acceptors (Lipinski definition) is 2. The SMILES string of the molecule is CCC(CO)C(=O)N(C)CC. The van der Waals surface area contributed by atoms with Gasteiger partial charge in [-0.25, -0.2) is 0 Å². The molecule has 0 bridgehead atoms. The predicted molar refractivity (Wildman–Crippen MR) is 44.2 cm³/mol. The maximum Gasteiger partial charge on any atom is 0.227 e. The highest BCUT2D eigenvalue weighted by Gasteiger charge is 2.17. The fraction of sp³-hybridized carbons (Fsp3) is 0.875. The Morgan fingerprint density at radius 1 is 1.55 bits per heavy atom. The molecule has 11 heavy (non-hydrogen) atoms. The molecule has 3 heteroatoms. The molecule has 0 rings (SSSR count). The van der Waals surface area contributed by atoms with E-state index in [1.807, 2.05) is 13.8 Å². The number of hydrogen-bond donors (Lipinski definition) is 1. The van der Waals surface area contributed by atoms with Crippen LogP contribution in [0, 0.1) is 5.92 Å². The second kappa shape index (κ2) is 5.13. The molecule has 0 spiro atoms. The monoisotopic (exact) mass is 159 g/mol. The molecule has 0 fully saturated rings. The van der Waals surface area contributed by atoms with E-state index in [-0.39, 0.29) is 18.4 Å². The Morgan fingerprint density at radius 2 is 2.09 bits per heavy atom. The average molecular weight is 159 g/mol. The smallest absolute Gasteiger partial charge is 0.227 e. The van der Waals surface area contributed by atoms with E-state index in [0.717, 1.165) is 0 Å². The van der Waals surface area contributed by atoms with Crippen LogP contribution < -0.4 is 0 Å². The van der Waals surface area contributed by atoms with Gasteiger partial charge < -0.3 is 10.0 Å². The lowest BCUT2D eigenvalue weighted by Gasteiger charge is -2.19. The van der Waals surface area contributed by atoms with Gasteiger partial charge in [0.2, 0.25) is 5.91 Å². The van der Waals surface area contributed by atoms with E-state index < -0.39 is 0 Å². The molecule has 1 atom stereocenters. The summed E-state index contributed by atoms with van der Waals surface area (Å²) >= 11 is 0. The lowest BCUT2D eigenvalue weighted by atomic mass is 10.1. The van der Waals surface area contributed by atoms with Gasteiger partial charge in [-0.05, 0) is 13.3 Å². The van der Waals surface area contributed by atoms with Crippen LogP contribution in [0.4, 0.5) is 0 Å². The van der Waals surface area contributed by atoms with Gasteiger partial charge in [0.05, 0.1) is 12.5 Å². The Morgan fingerprint density at radius 3 is 2.36 bits per heavy atom. The fourth-order valence-corrected chi connectivity index (χ4v) is 0.849. The summed E-state index contributed by atoms with van der Waals surface area (Å²) in [7, 11) is 1.75. The number of aliphatic hydroxyl groups is 1. The van der Waals surface area contributed by atoms with E-state index >= 15 is 0 Å². The third kappa shape index (κ3) is 2.89. The van der Waals surface area contributed by atoms with Gasteiger partial charge in [0.15, 0.2) is 0 Å². The van der Waals surface area contributed by atoms with Gasteiger partial charge in [-0.3, -0.25) is 4.79 Å². The molecule has 1 amide bonds. The van der Waals surface area contributed by atoms with E-state index in [1.165, 1.54) is 0 Å². The number of nitrogens with zero attached hydrogens (tertiary/aromatic N) is 1. The van der Waals surface area contributed by atoms with Crippen LogP contribution in [0.3, 0.4) is 0 Å². The van der Waals surface area contributed by atoms with Crippen molar-refractivity contribution in [2.75, 3.05) is 20.2 Å². The number of carbonyl (C=O) groups excluding carboxylic acids is 1. The van der Waals surface area contributed by atoms with Gasteiger partial charge in [-0.15, -0.1) is 0 Å². The van der Waals surface area contributed by atoms with Gasteiger partial charge in [0.1, 0.15) is 0 Å². The first-order valence-electron chi connectivity index (χ1n) is 4.03. The van der Waals surface area contributed by atoms with Crippen LogP contribution in [0.1, 0.15) is 20.3 Å². The minimum absolute atomic E-state index is 0.0394. The molecular formula is C8H17NO2. The highest BCUT2D eigenvalue weighted by Crippen LogP contribution is 2.04. The van der Waals surface area contributed by atoms with Gasteiger partial charge in [0, 0.05) is 13.6 Å². The van der Waals surface area contributed by atoms with Crippen molar-refractivity contribution >= 4 is 5.91 Å². The molecule has 0 aliphatic rings. The molecule has 0 heterocycles. The summed E-state index contributed by atoms with van der Waals surface area (Å²) in [6.07, 6.45) is 0.708. The first kappa shape index (κ1) is 10.4. The van der Waals surface area contributed by atoms with Crippen molar-refractivity contribution in [2.24, 2.45) is 5.92 Å². The fourth-order valence-electron chi connectivity index (χ4n) is 0.849. The molecule has 1 N–H and O–H groups in total. The second-order valence-electron chi connectivity index (χ2n) is 2.64. The second-order valence-corrected chi connectivity index (χ2v) is 2.64. The molecule has 0 radical (unpaired) electrons. The van der Waals surface area contributed by atoms with Gasteiger partial charge in [0.25, 0.3) is 0 Å². The number of amides is 1. The first-order valence-corrected chi connectivity index (χ1v) is 4.03. The summed E-state index contributed by atoms with van der Waals surface area (Å²) in [5, 5.41) is 8.79. The molecule has 3 nitrogen and oxygen atoms in total. The summed E-state index contributed by atoms with van der Waals surface area (Å²) in [6.45, 7) is 4.49. The third-order valence-corrected chi connectivity index (χ3v) is 1.91. The topological polar surface area (TPSA) is 40.5 Å². The largest absolute Gasteiger partial charge is 0.396 e. The van der Waals surface area contributed by atoms with Crippen molar-refractivity contribution in [2.45, 2.75) is 20.3 Å². The van der Waals surface area contributed by atoms with E-state index in [1.54, 1.807) is 11.9 Å². The Labute approximate surface area is 68.0 Å². The van der Waals surface area contributed by atoms with Crippen LogP contribution in [0.2, 0.25) is 0 Å². The highest BCUT2D eigenvalue weighted by atomic mass is 16.3. The van der Waals surface area contributed by atoms with Crippen LogP contribution in [-0.2, 0) is 4.79 Å². The average Bonchev–Trinajstić information content (AvgIpc) is 2.05. The lowest BCUT2D eigenvalue weighted by molar-refractivity contribution is -0.135. The van der Waals surface area contributed by atoms with E-state index in [9.17, 15) is 4.79 Å². The van der Waals surface area contributed by atoms with Crippen molar-refractivity contribution in [3.63, 3.8) is 0 Å². The molecule has 0 aliphatic carbocycles. The molecule has 66 valence electrons. The number of rotatable bonds is 4. The van der Waals surface area contributed by atoms with Crippen LogP contribution in [0.5, 0.6) is 0 Å². The van der Waals surface area contributed by atoms with Crippen LogP contribution in [0.25, 0.3) is 0 Å². The van der Waals surface area contributed by atoms with Crippen LogP contribution in [0.15, 0.2) is 0 Å². The molecule has 0 aliphatic heterocycles. The molecule has 0 saturated heterocycles. The third-order valence-electron chi connectivity index (χ3n) is 1.91. The Kier molecular flexibility index (Phi) is 4.86. The molecule has 0 aromatic heterocycles. The molecule has 0 aromatic carbocycles. The highest BCUT2D eigenvalue weighted by molar-refractivity contribution is 5.78. The van der Waals surface area contributed by atoms with Crippen molar-refractivity contribution in [3.8, 4) is 0 Å². The standard InChI is InChI=1S/C8H17NO2/c1-4-7(6-10)8(11)9(3)5-2/h7,10H,4-6H2,1-3H3. The maximum atomic E-state index is 11.3. The van der Waals surface area contributed by atoms with Gasteiger partial charge >= 0.3 is 0 Å². The summed E-state index contributed by atoms with van der Waals surface area (Å²) < 4.78 is 0. The molecule has 0 aromatic rings. The first-order chi connectivity index (χ1) is 5.17. The lowest BCUT2D eigenvalue weighted by Crippen LogP contribution is -2.34. The molecule has 0 saturated carbocycles. The zero-order chi connectivity index (χ0) is 8.85. The minimum Gasteiger partial charge on any atom is -0.396 e. The summed E-state index contributed by atoms with van der Waals surface area (Å²) in [5.41, 5.74) is 0. The maximum absolute atomic E-state index is 11.3. The number of carbonyl (C=O) groups is 1. The van der Waals surface area contributed by atoms with Gasteiger partial charge in [-0.2, -0.15) is 0 Å². The zero-order valence-electron chi connectivity index (χ0n) is 7.50.